The van der Waals surface area contributed by atoms with Crippen molar-refractivity contribution in [2.24, 2.45) is 0 Å². The van der Waals surface area contributed by atoms with E-state index in [1.165, 1.54) is 4.88 Å². The zero-order chi connectivity index (χ0) is 20.2. The number of hydrogen-bond donors (Lipinski definition) is 1. The molecule has 1 saturated heterocycles. The zero-order valence-corrected chi connectivity index (χ0v) is 17.8. The molecule has 0 unspecified atom stereocenters. The SMILES string of the molecule is Cc1ccc(-c2cc(C(=O)N3CCC[C@@H](N(C)CCc4ccccn4)C3)n[nH]2)s1. The van der Waals surface area contributed by atoms with E-state index in [1.807, 2.05) is 29.3 Å². The van der Waals surface area contributed by atoms with Crippen LogP contribution in [0.4, 0.5) is 0 Å². The van der Waals surface area contributed by atoms with Gasteiger partial charge in [-0.05, 0) is 57.1 Å². The Morgan fingerprint density at radius 2 is 2.24 bits per heavy atom. The number of pyridine rings is 1. The van der Waals surface area contributed by atoms with E-state index in [-0.39, 0.29) is 5.91 Å². The van der Waals surface area contributed by atoms with Gasteiger partial charge in [0.1, 0.15) is 0 Å². The lowest BCUT2D eigenvalue weighted by Gasteiger charge is -2.37. The number of nitrogens with zero attached hydrogens (tertiary/aromatic N) is 4. The quantitative estimate of drug-likeness (QED) is 0.675. The van der Waals surface area contributed by atoms with E-state index in [9.17, 15) is 4.79 Å². The molecule has 1 aliphatic rings. The van der Waals surface area contributed by atoms with Gasteiger partial charge in [-0.25, -0.2) is 0 Å². The molecule has 6 nitrogen and oxygen atoms in total. The largest absolute Gasteiger partial charge is 0.336 e. The summed E-state index contributed by atoms with van der Waals surface area (Å²) in [6, 6.07) is 12.4. The van der Waals surface area contributed by atoms with Crippen molar-refractivity contribution in [1.29, 1.82) is 0 Å². The first-order valence-electron chi connectivity index (χ1n) is 10.1. The Morgan fingerprint density at radius 3 is 3.00 bits per heavy atom. The van der Waals surface area contributed by atoms with Crippen molar-refractivity contribution < 1.29 is 4.79 Å². The van der Waals surface area contributed by atoms with Gasteiger partial charge in [-0.2, -0.15) is 5.10 Å². The number of aryl methyl sites for hydroxylation is 1. The Hall–Kier alpha value is -2.51. The van der Waals surface area contributed by atoms with Crippen molar-refractivity contribution in [3.8, 4) is 10.6 Å². The summed E-state index contributed by atoms with van der Waals surface area (Å²) in [6.07, 6.45) is 4.89. The smallest absolute Gasteiger partial charge is 0.274 e. The molecule has 4 heterocycles. The van der Waals surface area contributed by atoms with Crippen molar-refractivity contribution in [2.45, 2.75) is 32.2 Å². The van der Waals surface area contributed by atoms with Crippen LogP contribution in [0.1, 0.15) is 33.9 Å². The molecule has 29 heavy (non-hydrogen) atoms. The second-order valence-electron chi connectivity index (χ2n) is 7.68. The molecular weight excluding hydrogens is 382 g/mol. The number of carbonyl (C=O) groups is 1. The summed E-state index contributed by atoms with van der Waals surface area (Å²) in [6.45, 7) is 4.56. The monoisotopic (exact) mass is 409 g/mol. The molecule has 0 radical (unpaired) electrons. The zero-order valence-electron chi connectivity index (χ0n) is 17.0. The molecule has 1 atom stereocenters. The number of thiophene rings is 1. The highest BCUT2D eigenvalue weighted by molar-refractivity contribution is 7.15. The van der Waals surface area contributed by atoms with Crippen LogP contribution in [0.25, 0.3) is 10.6 Å². The lowest BCUT2D eigenvalue weighted by Crippen LogP contribution is -2.49. The molecular formula is C22H27N5OS. The van der Waals surface area contributed by atoms with E-state index in [0.717, 1.165) is 55.2 Å². The summed E-state index contributed by atoms with van der Waals surface area (Å²) in [5, 5.41) is 7.31. The van der Waals surface area contributed by atoms with Crippen molar-refractivity contribution in [3.05, 3.63) is 58.9 Å². The fourth-order valence-electron chi connectivity index (χ4n) is 3.82. The van der Waals surface area contributed by atoms with Gasteiger partial charge in [0.2, 0.25) is 0 Å². The summed E-state index contributed by atoms with van der Waals surface area (Å²) >= 11 is 1.70. The van der Waals surface area contributed by atoms with Gasteiger partial charge in [-0.3, -0.25) is 14.9 Å². The van der Waals surface area contributed by atoms with E-state index >= 15 is 0 Å². The second kappa shape index (κ2) is 8.88. The highest BCUT2D eigenvalue weighted by Crippen LogP contribution is 2.27. The maximum absolute atomic E-state index is 13.0. The number of aromatic amines is 1. The van der Waals surface area contributed by atoms with Crippen LogP contribution in [0.2, 0.25) is 0 Å². The third-order valence-corrected chi connectivity index (χ3v) is 6.59. The summed E-state index contributed by atoms with van der Waals surface area (Å²) in [7, 11) is 2.15. The van der Waals surface area contributed by atoms with Gasteiger partial charge in [0.15, 0.2) is 5.69 Å². The second-order valence-corrected chi connectivity index (χ2v) is 8.96. The lowest BCUT2D eigenvalue weighted by atomic mass is 10.0. The summed E-state index contributed by atoms with van der Waals surface area (Å²) in [4.78, 5) is 24.1. The average molecular weight is 410 g/mol. The molecule has 0 aliphatic carbocycles. The Balaban J connectivity index is 1.36. The van der Waals surface area contributed by atoms with Crippen molar-refractivity contribution in [1.82, 2.24) is 25.0 Å². The molecule has 1 N–H and O–H groups in total. The number of likely N-dealkylation sites (tertiary alicyclic amines) is 1. The van der Waals surface area contributed by atoms with Crippen LogP contribution in [-0.2, 0) is 6.42 Å². The molecule has 1 fully saturated rings. The Morgan fingerprint density at radius 1 is 1.34 bits per heavy atom. The number of hydrogen-bond acceptors (Lipinski definition) is 5. The number of nitrogens with one attached hydrogen (secondary N) is 1. The fourth-order valence-corrected chi connectivity index (χ4v) is 4.65. The third-order valence-electron chi connectivity index (χ3n) is 5.56. The van der Waals surface area contributed by atoms with Gasteiger partial charge in [-0.1, -0.05) is 6.07 Å². The molecule has 1 amide bonds. The van der Waals surface area contributed by atoms with E-state index in [1.54, 1.807) is 11.3 Å². The number of H-pyrrole nitrogens is 1. The van der Waals surface area contributed by atoms with Crippen molar-refractivity contribution in [2.75, 3.05) is 26.7 Å². The van der Waals surface area contributed by atoms with Crippen LogP contribution in [0.3, 0.4) is 0 Å². The van der Waals surface area contributed by atoms with E-state index in [2.05, 4.69) is 52.3 Å². The van der Waals surface area contributed by atoms with Crippen LogP contribution < -0.4 is 0 Å². The first-order chi connectivity index (χ1) is 14.1. The van der Waals surface area contributed by atoms with Crippen LogP contribution in [0, 0.1) is 6.92 Å². The Labute approximate surface area is 175 Å². The standard InChI is InChI=1S/C22H27N5OS/c1-16-8-9-21(29-16)19-14-20(25-24-19)22(28)27-12-5-7-18(15-27)26(2)13-10-17-6-3-4-11-23-17/h3-4,6,8-9,11,14,18H,5,7,10,12-13,15H2,1-2H3,(H,24,25)/t18-/m1/s1. The minimum Gasteiger partial charge on any atom is -0.336 e. The average Bonchev–Trinajstić information content (AvgIpc) is 3.41. The molecule has 0 saturated carbocycles. The van der Waals surface area contributed by atoms with Crippen molar-refractivity contribution in [3.63, 3.8) is 0 Å². The molecule has 3 aromatic heterocycles. The molecule has 152 valence electrons. The van der Waals surface area contributed by atoms with Gasteiger partial charge < -0.3 is 9.80 Å². The maximum Gasteiger partial charge on any atom is 0.274 e. The molecule has 3 aromatic rings. The maximum atomic E-state index is 13.0. The first kappa shape index (κ1) is 19.8. The number of rotatable bonds is 6. The van der Waals surface area contributed by atoms with Gasteiger partial charge in [0, 0.05) is 48.9 Å². The van der Waals surface area contributed by atoms with Crippen LogP contribution in [0.15, 0.2) is 42.6 Å². The Kier molecular flexibility index (Phi) is 6.06. The van der Waals surface area contributed by atoms with Gasteiger partial charge in [0.05, 0.1) is 10.6 Å². The van der Waals surface area contributed by atoms with Crippen LogP contribution >= 0.6 is 11.3 Å². The summed E-state index contributed by atoms with van der Waals surface area (Å²) < 4.78 is 0. The molecule has 0 aromatic carbocycles. The molecule has 1 aliphatic heterocycles. The van der Waals surface area contributed by atoms with Crippen LogP contribution in [0.5, 0.6) is 0 Å². The van der Waals surface area contributed by atoms with Gasteiger partial charge in [-0.15, -0.1) is 11.3 Å². The normalized spacial score (nSPS) is 17.1. The first-order valence-corrected chi connectivity index (χ1v) is 10.9. The number of carbonyl (C=O) groups excluding carboxylic acids is 1. The fraction of sp³-hybridized carbons (Fsp3) is 0.409. The lowest BCUT2D eigenvalue weighted by molar-refractivity contribution is 0.0605. The predicted octanol–water partition coefficient (Wildman–Crippen LogP) is 3.62. The van der Waals surface area contributed by atoms with Crippen LogP contribution in [-0.4, -0.2) is 63.6 Å². The summed E-state index contributed by atoms with van der Waals surface area (Å²) in [5.74, 6) is 0.0172. The Bertz CT molecular complexity index is 951. The number of aromatic nitrogens is 3. The van der Waals surface area contributed by atoms with Gasteiger partial charge in [0.25, 0.3) is 5.91 Å². The third kappa shape index (κ3) is 4.74. The van der Waals surface area contributed by atoms with E-state index < -0.39 is 0 Å². The summed E-state index contributed by atoms with van der Waals surface area (Å²) in [5.41, 5.74) is 2.52. The van der Waals surface area contributed by atoms with Gasteiger partial charge >= 0.3 is 0 Å². The number of amides is 1. The van der Waals surface area contributed by atoms with Crippen molar-refractivity contribution >= 4 is 17.2 Å². The predicted molar refractivity (Wildman–Crippen MR) is 116 cm³/mol. The molecule has 0 spiro atoms. The minimum absolute atomic E-state index is 0.0172. The van der Waals surface area contributed by atoms with E-state index in [0.29, 0.717) is 11.7 Å². The van der Waals surface area contributed by atoms with E-state index in [4.69, 9.17) is 0 Å². The topological polar surface area (TPSA) is 65.1 Å². The molecule has 0 bridgehead atoms. The minimum atomic E-state index is 0.0172. The number of piperidine rings is 1. The highest BCUT2D eigenvalue weighted by Gasteiger charge is 2.28. The molecule has 7 heteroatoms. The highest BCUT2D eigenvalue weighted by atomic mass is 32.1. The molecule has 4 rings (SSSR count). The number of likely N-dealkylation sites (N-methyl/N-ethyl adjacent to an activating group) is 1.